The van der Waals surface area contributed by atoms with E-state index in [9.17, 15) is 0 Å². The molecule has 3 nitrogen and oxygen atoms in total. The van der Waals surface area contributed by atoms with Crippen LogP contribution in [-0.4, -0.2) is 35.8 Å². The first-order valence-corrected chi connectivity index (χ1v) is 6.34. The molecule has 2 heterocycles. The van der Waals surface area contributed by atoms with E-state index in [-0.39, 0.29) is 0 Å². The van der Waals surface area contributed by atoms with E-state index in [0.717, 1.165) is 30.9 Å². The van der Waals surface area contributed by atoms with Gasteiger partial charge in [0.25, 0.3) is 0 Å². The highest BCUT2D eigenvalue weighted by atomic mass is 15.4. The number of rotatable bonds is 2. The van der Waals surface area contributed by atoms with Crippen LogP contribution in [0.2, 0.25) is 0 Å². The van der Waals surface area contributed by atoms with E-state index in [1.165, 1.54) is 11.1 Å². The third-order valence-electron chi connectivity index (χ3n) is 3.14. The van der Waals surface area contributed by atoms with Gasteiger partial charge in [0.05, 0.1) is 5.70 Å². The van der Waals surface area contributed by atoms with Gasteiger partial charge in [-0.25, -0.2) is 5.01 Å². The van der Waals surface area contributed by atoms with Crippen LogP contribution in [0.3, 0.4) is 0 Å². The molecule has 0 atom stereocenters. The number of likely N-dealkylation sites (N-methyl/N-ethyl adjacent to an activating group) is 1. The third-order valence-corrected chi connectivity index (χ3v) is 3.14. The Bertz CT molecular complexity index is 462. The molecule has 0 aromatic carbocycles. The van der Waals surface area contributed by atoms with Gasteiger partial charge in [0.15, 0.2) is 0 Å². The summed E-state index contributed by atoms with van der Waals surface area (Å²) in [6, 6.07) is 0. The lowest BCUT2D eigenvalue weighted by Gasteiger charge is -2.28. The molecule has 0 aromatic rings. The van der Waals surface area contributed by atoms with Crippen LogP contribution in [0.5, 0.6) is 0 Å². The summed E-state index contributed by atoms with van der Waals surface area (Å²) < 4.78 is 0. The molecule has 96 valence electrons. The fraction of sp³-hybridized carbons (Fsp3) is 0.400. The summed E-state index contributed by atoms with van der Waals surface area (Å²) in [7, 11) is 2.15. The number of hydrogen-bond donors (Lipinski definition) is 0. The standard InChI is InChI=1S/C15H21N3/c1-12(2)16-18-9-5-6-15(13(18)3)14-7-10-17(4)11-8-14/h5-7,9H,3,8,10-11H2,1-2,4H3. The van der Waals surface area contributed by atoms with Crippen LogP contribution in [0.1, 0.15) is 20.3 Å². The Morgan fingerprint density at radius 2 is 2.17 bits per heavy atom. The average molecular weight is 243 g/mol. The Hall–Kier alpha value is -1.61. The maximum atomic E-state index is 4.46. The molecule has 0 radical (unpaired) electrons. The highest BCUT2D eigenvalue weighted by Gasteiger charge is 2.18. The van der Waals surface area contributed by atoms with Crippen molar-refractivity contribution >= 4 is 5.71 Å². The van der Waals surface area contributed by atoms with Crippen molar-refractivity contribution in [3.63, 3.8) is 0 Å². The second-order valence-electron chi connectivity index (χ2n) is 5.00. The van der Waals surface area contributed by atoms with Crippen molar-refractivity contribution in [3.8, 4) is 0 Å². The van der Waals surface area contributed by atoms with Crippen molar-refractivity contribution in [3.05, 3.63) is 47.9 Å². The molecule has 18 heavy (non-hydrogen) atoms. The summed E-state index contributed by atoms with van der Waals surface area (Å²) in [6.07, 6.45) is 9.50. The van der Waals surface area contributed by atoms with Crippen LogP contribution >= 0.6 is 0 Å². The van der Waals surface area contributed by atoms with Gasteiger partial charge in [-0.05, 0) is 39.0 Å². The predicted octanol–water partition coefficient (Wildman–Crippen LogP) is 2.91. The van der Waals surface area contributed by atoms with Crippen LogP contribution in [-0.2, 0) is 0 Å². The van der Waals surface area contributed by atoms with E-state index in [1.54, 1.807) is 0 Å². The van der Waals surface area contributed by atoms with Gasteiger partial charge < -0.3 is 4.90 Å². The summed E-state index contributed by atoms with van der Waals surface area (Å²) in [5.41, 5.74) is 4.60. The Balaban J connectivity index is 2.20. The van der Waals surface area contributed by atoms with Crippen LogP contribution in [0.15, 0.2) is 53.0 Å². The van der Waals surface area contributed by atoms with E-state index in [2.05, 4.69) is 35.8 Å². The first-order chi connectivity index (χ1) is 8.58. The lowest BCUT2D eigenvalue weighted by Crippen LogP contribution is -2.26. The molecule has 2 aliphatic heterocycles. The van der Waals surface area contributed by atoms with E-state index >= 15 is 0 Å². The van der Waals surface area contributed by atoms with Gasteiger partial charge >= 0.3 is 0 Å². The van der Waals surface area contributed by atoms with Gasteiger partial charge in [-0.2, -0.15) is 5.10 Å². The van der Waals surface area contributed by atoms with Crippen LogP contribution in [0, 0.1) is 0 Å². The normalized spacial score (nSPS) is 20.6. The summed E-state index contributed by atoms with van der Waals surface area (Å²) >= 11 is 0. The highest BCUT2D eigenvalue weighted by molar-refractivity contribution is 5.79. The van der Waals surface area contributed by atoms with Gasteiger partial charge in [-0.1, -0.05) is 18.7 Å². The Morgan fingerprint density at radius 1 is 1.39 bits per heavy atom. The summed E-state index contributed by atoms with van der Waals surface area (Å²) in [5.74, 6) is 0. The molecule has 2 aliphatic rings. The van der Waals surface area contributed by atoms with E-state index in [0.29, 0.717) is 0 Å². The Morgan fingerprint density at radius 3 is 2.78 bits per heavy atom. The second kappa shape index (κ2) is 5.36. The van der Waals surface area contributed by atoms with Gasteiger partial charge in [-0.3, -0.25) is 0 Å². The molecule has 0 spiro atoms. The summed E-state index contributed by atoms with van der Waals surface area (Å²) in [5, 5.41) is 6.33. The minimum Gasteiger partial charge on any atom is -0.302 e. The van der Waals surface area contributed by atoms with E-state index in [4.69, 9.17) is 0 Å². The molecule has 0 fully saturated rings. The minimum absolute atomic E-state index is 0.967. The maximum absolute atomic E-state index is 4.46. The van der Waals surface area contributed by atoms with Crippen LogP contribution in [0.25, 0.3) is 0 Å². The predicted molar refractivity (Wildman–Crippen MR) is 77.2 cm³/mol. The first kappa shape index (κ1) is 12.8. The summed E-state index contributed by atoms with van der Waals surface area (Å²) in [4.78, 5) is 2.32. The number of hydrogen-bond acceptors (Lipinski definition) is 3. The van der Waals surface area contributed by atoms with Crippen molar-refractivity contribution in [1.29, 1.82) is 0 Å². The minimum atomic E-state index is 0.967. The zero-order chi connectivity index (χ0) is 13.1. The van der Waals surface area contributed by atoms with Gasteiger partial charge in [-0.15, -0.1) is 0 Å². The SMILES string of the molecule is C=C1C(C2=CCN(C)CC2)=CC=CN1N=C(C)C. The Kier molecular flexibility index (Phi) is 3.82. The van der Waals surface area contributed by atoms with Crippen molar-refractivity contribution in [2.75, 3.05) is 20.1 Å². The molecular formula is C15H21N3. The second-order valence-corrected chi connectivity index (χ2v) is 5.00. The molecule has 0 bridgehead atoms. The number of allylic oxidation sites excluding steroid dienone is 3. The molecule has 0 aliphatic carbocycles. The first-order valence-electron chi connectivity index (χ1n) is 6.34. The molecule has 0 amide bonds. The largest absolute Gasteiger partial charge is 0.302 e. The van der Waals surface area contributed by atoms with Crippen molar-refractivity contribution in [2.45, 2.75) is 20.3 Å². The molecule has 0 unspecified atom stereocenters. The Labute approximate surface area is 109 Å². The van der Waals surface area contributed by atoms with E-state index < -0.39 is 0 Å². The quantitative estimate of drug-likeness (QED) is 0.694. The molecule has 3 heteroatoms. The molecular weight excluding hydrogens is 222 g/mol. The smallest absolute Gasteiger partial charge is 0.0648 e. The van der Waals surface area contributed by atoms with Crippen molar-refractivity contribution < 1.29 is 0 Å². The summed E-state index contributed by atoms with van der Waals surface area (Å²) in [6.45, 7) is 10.3. The molecule has 0 N–H and O–H groups in total. The lowest BCUT2D eigenvalue weighted by molar-refractivity contribution is 0.359. The lowest BCUT2D eigenvalue weighted by atomic mass is 9.96. The third kappa shape index (κ3) is 2.79. The average Bonchev–Trinajstić information content (AvgIpc) is 2.33. The number of nitrogens with zero attached hydrogens (tertiary/aromatic N) is 3. The van der Waals surface area contributed by atoms with Crippen molar-refractivity contribution in [2.24, 2.45) is 5.10 Å². The topological polar surface area (TPSA) is 18.8 Å². The van der Waals surface area contributed by atoms with Crippen LogP contribution < -0.4 is 0 Å². The zero-order valence-corrected chi connectivity index (χ0v) is 11.5. The molecule has 0 aromatic heterocycles. The fourth-order valence-corrected chi connectivity index (χ4v) is 2.15. The zero-order valence-electron chi connectivity index (χ0n) is 11.5. The maximum Gasteiger partial charge on any atom is 0.0648 e. The van der Waals surface area contributed by atoms with Crippen molar-refractivity contribution in [1.82, 2.24) is 9.91 Å². The van der Waals surface area contributed by atoms with E-state index in [1.807, 2.05) is 31.1 Å². The number of hydrazone groups is 1. The highest BCUT2D eigenvalue weighted by Crippen LogP contribution is 2.29. The van der Waals surface area contributed by atoms with Crippen LogP contribution in [0.4, 0.5) is 0 Å². The van der Waals surface area contributed by atoms with Gasteiger partial charge in [0, 0.05) is 30.6 Å². The fourth-order valence-electron chi connectivity index (χ4n) is 2.15. The molecule has 0 saturated carbocycles. The van der Waals surface area contributed by atoms with Gasteiger partial charge in [0.1, 0.15) is 0 Å². The molecule has 2 rings (SSSR count). The monoisotopic (exact) mass is 243 g/mol. The van der Waals surface area contributed by atoms with Gasteiger partial charge in [0.2, 0.25) is 0 Å². The molecule has 0 saturated heterocycles.